The van der Waals surface area contributed by atoms with Gasteiger partial charge in [0.05, 0.1) is 18.9 Å². The summed E-state index contributed by atoms with van der Waals surface area (Å²) in [6.07, 6.45) is 2.22. The fraction of sp³-hybridized carbons (Fsp3) is 0.116. The Morgan fingerprint density at radius 2 is 0.981 bits per heavy atom. The highest BCUT2D eigenvalue weighted by molar-refractivity contribution is 5.73. The van der Waals surface area contributed by atoms with Crippen molar-refractivity contribution in [3.63, 3.8) is 0 Å². The van der Waals surface area contributed by atoms with Gasteiger partial charge in [-0.15, -0.1) is 0 Å². The van der Waals surface area contributed by atoms with E-state index in [4.69, 9.17) is 14.2 Å². The standard InChI is InChI=1S/C43H34O10/c1-51-35-19-25(8-13-32(35)48)43-38(26-16-30(46)21-31(47)17-26)41-34(50)18-27(20-37(41)53-43)39-40-33(49)14-23(3-2-22-4-9-28(44)10-5-22)15-36(40)52-42(39)24-6-11-29(45)12-7-24/h2-21,38-39,42-50H,1H3. The molecular weight excluding hydrogens is 676 g/mol. The van der Waals surface area contributed by atoms with E-state index in [9.17, 15) is 35.7 Å². The molecule has 0 aliphatic carbocycles. The van der Waals surface area contributed by atoms with E-state index in [-0.39, 0.29) is 46.0 Å². The summed E-state index contributed by atoms with van der Waals surface area (Å²) in [5, 5.41) is 74.4. The molecule has 4 unspecified atom stereocenters. The minimum atomic E-state index is -0.779. The molecule has 0 saturated heterocycles. The molecule has 53 heavy (non-hydrogen) atoms. The highest BCUT2D eigenvalue weighted by atomic mass is 16.5. The Bertz CT molecular complexity index is 2360. The number of aromatic hydroxyl groups is 7. The maximum Gasteiger partial charge on any atom is 0.160 e. The Balaban J connectivity index is 1.25. The lowest BCUT2D eigenvalue weighted by molar-refractivity contribution is 0.217. The molecule has 2 aliphatic heterocycles. The van der Waals surface area contributed by atoms with Crippen LogP contribution in [0.25, 0.3) is 12.2 Å². The van der Waals surface area contributed by atoms with E-state index in [2.05, 4.69) is 0 Å². The number of phenols is 7. The third-order valence-electron chi connectivity index (χ3n) is 9.78. The Morgan fingerprint density at radius 3 is 1.62 bits per heavy atom. The van der Waals surface area contributed by atoms with Gasteiger partial charge in [-0.2, -0.15) is 0 Å². The van der Waals surface area contributed by atoms with Crippen molar-refractivity contribution in [2.24, 2.45) is 0 Å². The Hall–Kier alpha value is -6.94. The van der Waals surface area contributed by atoms with Crippen LogP contribution in [0, 0.1) is 0 Å². The van der Waals surface area contributed by atoms with Crippen LogP contribution in [0.15, 0.2) is 109 Å². The van der Waals surface area contributed by atoms with E-state index in [0.717, 1.165) is 5.56 Å². The van der Waals surface area contributed by atoms with Gasteiger partial charge in [-0.25, -0.2) is 0 Å². The summed E-state index contributed by atoms with van der Waals surface area (Å²) in [6, 6.07) is 29.1. The summed E-state index contributed by atoms with van der Waals surface area (Å²) in [7, 11) is 1.43. The van der Waals surface area contributed by atoms with E-state index < -0.39 is 24.0 Å². The number of rotatable bonds is 7. The van der Waals surface area contributed by atoms with Crippen molar-refractivity contribution in [1.82, 2.24) is 0 Å². The minimum Gasteiger partial charge on any atom is -0.508 e. The minimum absolute atomic E-state index is 0.0257. The Morgan fingerprint density at radius 1 is 0.453 bits per heavy atom. The normalized spacial score (nSPS) is 18.7. The molecular formula is C43H34O10. The van der Waals surface area contributed by atoms with Crippen LogP contribution in [0.1, 0.15) is 68.6 Å². The van der Waals surface area contributed by atoms with Crippen molar-refractivity contribution < 1.29 is 50.0 Å². The van der Waals surface area contributed by atoms with Crippen LogP contribution in [-0.2, 0) is 0 Å². The molecule has 0 saturated carbocycles. The highest BCUT2D eigenvalue weighted by Gasteiger charge is 2.44. The van der Waals surface area contributed by atoms with Crippen LogP contribution in [0.3, 0.4) is 0 Å². The number of fused-ring (bicyclic) bond motifs is 2. The van der Waals surface area contributed by atoms with Crippen LogP contribution >= 0.6 is 0 Å². The molecule has 0 spiro atoms. The van der Waals surface area contributed by atoms with Crippen molar-refractivity contribution in [1.29, 1.82) is 0 Å². The number of hydrogen-bond acceptors (Lipinski definition) is 10. The predicted octanol–water partition coefficient (Wildman–Crippen LogP) is 8.34. The van der Waals surface area contributed by atoms with E-state index >= 15 is 0 Å². The lowest BCUT2D eigenvalue weighted by Crippen LogP contribution is -2.12. The molecule has 0 aromatic heterocycles. The number of ether oxygens (including phenoxy) is 3. The second kappa shape index (κ2) is 13.0. The third kappa shape index (κ3) is 6.10. The molecule has 10 heteroatoms. The number of methoxy groups -OCH3 is 1. The molecule has 0 radical (unpaired) electrons. The van der Waals surface area contributed by atoms with Gasteiger partial charge in [0.25, 0.3) is 0 Å². The monoisotopic (exact) mass is 710 g/mol. The van der Waals surface area contributed by atoms with Gasteiger partial charge < -0.3 is 50.0 Å². The maximum absolute atomic E-state index is 11.9. The molecule has 0 bridgehead atoms. The van der Waals surface area contributed by atoms with Crippen LogP contribution in [0.4, 0.5) is 0 Å². The first-order valence-electron chi connectivity index (χ1n) is 16.8. The van der Waals surface area contributed by atoms with Crippen LogP contribution in [0.2, 0.25) is 0 Å². The topological polar surface area (TPSA) is 169 Å². The predicted molar refractivity (Wildman–Crippen MR) is 196 cm³/mol. The number of hydrogen-bond donors (Lipinski definition) is 7. The summed E-state index contributed by atoms with van der Waals surface area (Å²) < 4.78 is 18.5. The first-order valence-corrected chi connectivity index (χ1v) is 16.8. The van der Waals surface area contributed by atoms with Gasteiger partial charge in [0.1, 0.15) is 58.2 Å². The zero-order valence-electron chi connectivity index (χ0n) is 28.2. The Kier molecular flexibility index (Phi) is 8.14. The van der Waals surface area contributed by atoms with Gasteiger partial charge in [0.15, 0.2) is 11.5 Å². The van der Waals surface area contributed by atoms with Crippen LogP contribution < -0.4 is 14.2 Å². The largest absolute Gasteiger partial charge is 0.508 e. The molecule has 0 fully saturated rings. The van der Waals surface area contributed by atoms with Crippen molar-refractivity contribution in [3.8, 4) is 57.5 Å². The quantitative estimate of drug-likeness (QED) is 0.0800. The SMILES string of the molecule is COc1cc(C2Oc3cc(C4c5c(O)cc(C=Cc6ccc(O)cc6)cc5OC4c4ccc(O)cc4)cc(O)c3C2c2cc(O)cc(O)c2)ccc1O. The molecule has 266 valence electrons. The van der Waals surface area contributed by atoms with E-state index in [1.165, 1.54) is 31.4 Å². The van der Waals surface area contributed by atoms with Crippen molar-refractivity contribution in [2.45, 2.75) is 24.0 Å². The molecule has 4 atom stereocenters. The van der Waals surface area contributed by atoms with Gasteiger partial charge in [0, 0.05) is 17.2 Å². The summed E-state index contributed by atoms with van der Waals surface area (Å²) in [5.74, 6) is -0.685. The zero-order valence-corrected chi connectivity index (χ0v) is 28.2. The van der Waals surface area contributed by atoms with Gasteiger partial charge in [-0.1, -0.05) is 42.5 Å². The van der Waals surface area contributed by atoms with Gasteiger partial charge in [-0.3, -0.25) is 0 Å². The van der Waals surface area contributed by atoms with Crippen molar-refractivity contribution >= 4 is 12.2 Å². The fourth-order valence-electron chi connectivity index (χ4n) is 7.39. The van der Waals surface area contributed by atoms with E-state index in [0.29, 0.717) is 50.4 Å². The van der Waals surface area contributed by atoms with Crippen molar-refractivity contribution in [2.75, 3.05) is 7.11 Å². The average molecular weight is 711 g/mol. The van der Waals surface area contributed by atoms with Gasteiger partial charge in [-0.05, 0) is 106 Å². The zero-order chi connectivity index (χ0) is 37.0. The van der Waals surface area contributed by atoms with Gasteiger partial charge >= 0.3 is 0 Å². The number of phenolic OH excluding ortho intramolecular Hbond substituents is 7. The van der Waals surface area contributed by atoms with Crippen LogP contribution in [0.5, 0.6) is 57.5 Å². The number of benzene rings is 6. The highest BCUT2D eigenvalue weighted by Crippen LogP contribution is 2.59. The summed E-state index contributed by atoms with van der Waals surface area (Å²) in [4.78, 5) is 0. The second-order valence-electron chi connectivity index (χ2n) is 13.2. The molecule has 7 N–H and O–H groups in total. The molecule has 6 aromatic carbocycles. The average Bonchev–Trinajstić information content (AvgIpc) is 3.72. The first kappa shape index (κ1) is 33.2. The molecule has 0 amide bonds. The molecule has 8 rings (SSSR count). The molecule has 2 aliphatic rings. The summed E-state index contributed by atoms with van der Waals surface area (Å²) in [6.45, 7) is 0. The smallest absolute Gasteiger partial charge is 0.160 e. The van der Waals surface area contributed by atoms with E-state index in [1.807, 2.05) is 18.2 Å². The van der Waals surface area contributed by atoms with Crippen molar-refractivity contribution in [3.05, 3.63) is 154 Å². The molecule has 6 aromatic rings. The van der Waals surface area contributed by atoms with E-state index in [1.54, 1.807) is 78.9 Å². The third-order valence-corrected chi connectivity index (χ3v) is 9.78. The fourth-order valence-corrected chi connectivity index (χ4v) is 7.39. The summed E-state index contributed by atoms with van der Waals surface area (Å²) in [5.41, 5.74) is 4.79. The Labute approximate surface area is 303 Å². The van der Waals surface area contributed by atoms with Crippen LogP contribution in [-0.4, -0.2) is 42.9 Å². The lowest BCUT2D eigenvalue weighted by Gasteiger charge is -2.22. The molecule has 2 heterocycles. The maximum atomic E-state index is 11.9. The van der Waals surface area contributed by atoms with Gasteiger partial charge in [0.2, 0.25) is 0 Å². The second-order valence-corrected chi connectivity index (χ2v) is 13.2. The molecule has 10 nitrogen and oxygen atoms in total. The summed E-state index contributed by atoms with van der Waals surface area (Å²) >= 11 is 0. The first-order chi connectivity index (χ1) is 25.6. The lowest BCUT2D eigenvalue weighted by atomic mass is 9.81.